The molecule has 2 aromatic carbocycles. The van der Waals surface area contributed by atoms with Crippen molar-refractivity contribution in [1.82, 2.24) is 9.55 Å². The Balaban J connectivity index is 1.79. The van der Waals surface area contributed by atoms with Crippen LogP contribution in [0.3, 0.4) is 0 Å². The number of nitrogens with zero attached hydrogens (tertiary/aromatic N) is 2. The normalized spacial score (nSPS) is 21.7. The molecule has 1 aliphatic rings. The van der Waals surface area contributed by atoms with Gasteiger partial charge in [0.15, 0.2) is 5.15 Å². The van der Waals surface area contributed by atoms with Gasteiger partial charge in [-0.15, -0.1) is 0 Å². The van der Waals surface area contributed by atoms with Crippen molar-refractivity contribution in [2.24, 2.45) is 0 Å². The van der Waals surface area contributed by atoms with Crippen molar-refractivity contribution in [3.8, 4) is 0 Å². The molecule has 0 radical (unpaired) electrons. The summed E-state index contributed by atoms with van der Waals surface area (Å²) in [6, 6.07) is 10.6. The molecule has 0 amide bonds. The summed E-state index contributed by atoms with van der Waals surface area (Å²) < 4.78 is 61.2. The Morgan fingerprint density at radius 2 is 1.75 bits per heavy atom. The average molecular weight is 431 g/mol. The van der Waals surface area contributed by atoms with E-state index in [1.807, 2.05) is 0 Å². The molecule has 28 heavy (non-hydrogen) atoms. The molecule has 0 saturated carbocycles. The van der Waals surface area contributed by atoms with Gasteiger partial charge in [-0.3, -0.25) is 0 Å². The third-order valence-corrected chi connectivity index (χ3v) is 5.48. The lowest BCUT2D eigenvalue weighted by Gasteiger charge is -2.17. The van der Waals surface area contributed by atoms with Crippen LogP contribution in [0.2, 0.25) is 10.3 Å². The fourth-order valence-electron chi connectivity index (χ4n) is 3.34. The van der Waals surface area contributed by atoms with E-state index in [-0.39, 0.29) is 22.4 Å². The molecule has 1 aromatic heterocycles. The Bertz CT molecular complexity index is 1020. The zero-order chi connectivity index (χ0) is 20.1. The van der Waals surface area contributed by atoms with Crippen LogP contribution in [0.5, 0.6) is 0 Å². The fraction of sp³-hybridized carbons (Fsp3) is 0.211. The molecule has 2 atom stereocenters. The zero-order valence-electron chi connectivity index (χ0n) is 14.1. The van der Waals surface area contributed by atoms with E-state index >= 15 is 0 Å². The van der Waals surface area contributed by atoms with Gasteiger partial charge in [0, 0.05) is 0 Å². The molecule has 9 heteroatoms. The molecule has 0 aliphatic carbocycles. The second kappa shape index (κ2) is 6.76. The van der Waals surface area contributed by atoms with Crippen LogP contribution >= 0.6 is 23.2 Å². The maximum absolute atomic E-state index is 13.5. The first-order valence-corrected chi connectivity index (χ1v) is 8.94. The number of epoxide rings is 1. The van der Waals surface area contributed by atoms with E-state index in [2.05, 4.69) is 4.98 Å². The lowest BCUT2D eigenvalue weighted by Crippen LogP contribution is -2.20. The van der Waals surface area contributed by atoms with Gasteiger partial charge in [0.25, 0.3) is 0 Å². The van der Waals surface area contributed by atoms with Crippen molar-refractivity contribution in [3.05, 3.63) is 87.7 Å². The van der Waals surface area contributed by atoms with Crippen LogP contribution in [0.15, 0.2) is 54.9 Å². The van der Waals surface area contributed by atoms with E-state index in [9.17, 15) is 17.6 Å². The first kappa shape index (κ1) is 19.2. The monoisotopic (exact) mass is 430 g/mol. The van der Waals surface area contributed by atoms with Gasteiger partial charge in [-0.25, -0.2) is 9.37 Å². The molecule has 2 heterocycles. The molecule has 0 spiro atoms. The minimum atomic E-state index is -4.53. The summed E-state index contributed by atoms with van der Waals surface area (Å²) in [5, 5.41) is 0.213. The number of alkyl halides is 3. The van der Waals surface area contributed by atoms with Crippen molar-refractivity contribution in [3.63, 3.8) is 0 Å². The Morgan fingerprint density at radius 3 is 2.36 bits per heavy atom. The molecule has 3 aromatic rings. The largest absolute Gasteiger partial charge is 0.416 e. The van der Waals surface area contributed by atoms with Crippen LogP contribution in [0, 0.1) is 5.82 Å². The van der Waals surface area contributed by atoms with Gasteiger partial charge in [-0.2, -0.15) is 13.2 Å². The smallest absolute Gasteiger partial charge is 0.354 e. The lowest BCUT2D eigenvalue weighted by molar-refractivity contribution is -0.138. The second-order valence-electron chi connectivity index (χ2n) is 6.43. The first-order chi connectivity index (χ1) is 13.2. The van der Waals surface area contributed by atoms with Gasteiger partial charge in [0.2, 0.25) is 0 Å². The first-order valence-electron chi connectivity index (χ1n) is 8.18. The van der Waals surface area contributed by atoms with E-state index in [1.165, 1.54) is 53.4 Å². The van der Waals surface area contributed by atoms with Crippen LogP contribution in [0.1, 0.15) is 22.8 Å². The van der Waals surface area contributed by atoms with E-state index in [0.717, 1.165) is 6.07 Å². The molecule has 1 aliphatic heterocycles. The zero-order valence-corrected chi connectivity index (χ0v) is 15.6. The molecule has 0 unspecified atom stereocenters. The second-order valence-corrected chi connectivity index (χ2v) is 7.15. The van der Waals surface area contributed by atoms with Crippen molar-refractivity contribution in [2.75, 3.05) is 0 Å². The van der Waals surface area contributed by atoms with Gasteiger partial charge in [-0.1, -0.05) is 53.5 Å². The van der Waals surface area contributed by atoms with E-state index in [0.29, 0.717) is 5.56 Å². The summed E-state index contributed by atoms with van der Waals surface area (Å²) in [7, 11) is 0. The van der Waals surface area contributed by atoms with Gasteiger partial charge in [-0.05, 0) is 29.3 Å². The molecular weight excluding hydrogens is 419 g/mol. The molecule has 4 rings (SSSR count). The maximum Gasteiger partial charge on any atom is 0.416 e. The van der Waals surface area contributed by atoms with E-state index < -0.39 is 29.3 Å². The number of imidazole rings is 1. The molecule has 0 N–H and O–H groups in total. The molecule has 0 bridgehead atoms. The summed E-state index contributed by atoms with van der Waals surface area (Å²) >= 11 is 12.0. The van der Waals surface area contributed by atoms with Crippen molar-refractivity contribution in [2.45, 2.75) is 24.4 Å². The number of aromatic nitrogens is 2. The highest BCUT2D eigenvalue weighted by Crippen LogP contribution is 2.60. The van der Waals surface area contributed by atoms with Crippen LogP contribution < -0.4 is 0 Å². The average Bonchev–Trinajstić information content (AvgIpc) is 3.31. The van der Waals surface area contributed by atoms with E-state index in [4.69, 9.17) is 27.9 Å². The Morgan fingerprint density at radius 1 is 1.07 bits per heavy atom. The number of halogens is 6. The van der Waals surface area contributed by atoms with Crippen molar-refractivity contribution >= 4 is 23.2 Å². The number of hydrogen-bond donors (Lipinski definition) is 0. The Labute approximate surface area is 167 Å². The van der Waals surface area contributed by atoms with Crippen LogP contribution in [-0.4, -0.2) is 9.55 Å². The molecule has 146 valence electrons. The third kappa shape index (κ3) is 3.27. The molecule has 3 nitrogen and oxygen atoms in total. The number of benzene rings is 2. The number of rotatable bonds is 4. The Kier molecular flexibility index (Phi) is 4.64. The third-order valence-electron chi connectivity index (χ3n) is 4.71. The van der Waals surface area contributed by atoms with Crippen LogP contribution in [0.4, 0.5) is 17.6 Å². The van der Waals surface area contributed by atoms with Crippen LogP contribution in [0.25, 0.3) is 0 Å². The number of ether oxygens (including phenoxy) is 1. The van der Waals surface area contributed by atoms with Crippen molar-refractivity contribution < 1.29 is 22.3 Å². The quantitative estimate of drug-likeness (QED) is 0.374. The Hall–Kier alpha value is -2.09. The maximum atomic E-state index is 13.5. The summed E-state index contributed by atoms with van der Waals surface area (Å²) in [4.78, 5) is 3.89. The van der Waals surface area contributed by atoms with Gasteiger partial charge >= 0.3 is 6.18 Å². The highest BCUT2D eigenvalue weighted by Gasteiger charge is 2.60. The minimum Gasteiger partial charge on any atom is -0.354 e. The summed E-state index contributed by atoms with van der Waals surface area (Å²) in [6.07, 6.45) is -4.05. The standard InChI is InChI=1S/C19H12Cl2F4N2O/c20-16-17(21)27(10-26-16)9-18(11-5-7-12(22)8-6-11)15(28-18)13-3-1-2-4-14(13)19(23,24)25/h1-8,10,15H,9H2/t15-,18+/m0/s1. The van der Waals surface area contributed by atoms with Crippen molar-refractivity contribution in [1.29, 1.82) is 0 Å². The van der Waals surface area contributed by atoms with Gasteiger partial charge in [0.05, 0.1) is 18.4 Å². The SMILES string of the molecule is Fc1ccc([C@@]2(Cn3cnc(Cl)c3Cl)O[C@H]2c2ccccc2C(F)(F)F)cc1. The molecule has 1 saturated heterocycles. The molecular formula is C19H12Cl2F4N2O. The summed E-state index contributed by atoms with van der Waals surface area (Å²) in [5.74, 6) is -0.463. The lowest BCUT2D eigenvalue weighted by atomic mass is 9.89. The summed E-state index contributed by atoms with van der Waals surface area (Å²) in [5.41, 5.74) is -1.42. The number of hydrogen-bond acceptors (Lipinski definition) is 2. The van der Waals surface area contributed by atoms with E-state index in [1.54, 1.807) is 0 Å². The highest BCUT2D eigenvalue weighted by atomic mass is 35.5. The van der Waals surface area contributed by atoms with Crippen LogP contribution in [-0.2, 0) is 23.1 Å². The predicted molar refractivity (Wildman–Crippen MR) is 95.6 cm³/mol. The molecule has 1 fully saturated rings. The minimum absolute atomic E-state index is 0.00154. The predicted octanol–water partition coefficient (Wildman–Crippen LogP) is 6.01. The van der Waals surface area contributed by atoms with Gasteiger partial charge < -0.3 is 9.30 Å². The van der Waals surface area contributed by atoms with Gasteiger partial charge in [0.1, 0.15) is 22.7 Å². The summed E-state index contributed by atoms with van der Waals surface area (Å²) in [6.45, 7) is 0.0635. The topological polar surface area (TPSA) is 30.4 Å². The fourth-order valence-corrected chi connectivity index (χ4v) is 3.65. The highest BCUT2D eigenvalue weighted by molar-refractivity contribution is 6.40.